The molecule has 0 bridgehead atoms. The number of allylic oxidation sites excluding steroid dienone is 22. The van der Waals surface area contributed by atoms with Gasteiger partial charge in [-0.1, -0.05) is 141 Å². The summed E-state index contributed by atoms with van der Waals surface area (Å²) >= 11 is 0. The van der Waals surface area contributed by atoms with E-state index in [9.17, 15) is 15.0 Å². The van der Waals surface area contributed by atoms with Crippen LogP contribution in [0.25, 0.3) is 0 Å². The quantitative estimate of drug-likeness (QED) is 0.253. The molecule has 2 N–H and O–H groups in total. The highest BCUT2D eigenvalue weighted by Crippen LogP contribution is 2.41. The Morgan fingerprint density at radius 3 is 1.67 bits per heavy atom. The first-order valence-electron chi connectivity index (χ1n) is 15.2. The molecular weight excluding hydrogens is 528 g/mol. The summed E-state index contributed by atoms with van der Waals surface area (Å²) in [6, 6.07) is 0. The monoisotopic (exact) mass is 580 g/mol. The van der Waals surface area contributed by atoms with Gasteiger partial charge >= 0.3 is 0 Å². The Morgan fingerprint density at radius 2 is 1.19 bits per heavy atom. The zero-order chi connectivity index (χ0) is 32.4. The lowest BCUT2D eigenvalue weighted by molar-refractivity contribution is -0.114. The van der Waals surface area contributed by atoms with Crippen LogP contribution in [0.3, 0.4) is 0 Å². The summed E-state index contributed by atoms with van der Waals surface area (Å²) in [5.74, 6) is -0.476. The largest absolute Gasteiger partial charge is 0.504 e. The van der Waals surface area contributed by atoms with E-state index in [1.54, 1.807) is 13.0 Å². The molecule has 2 aliphatic carbocycles. The van der Waals surface area contributed by atoms with Gasteiger partial charge in [0, 0.05) is 11.0 Å². The molecule has 0 aromatic heterocycles. The van der Waals surface area contributed by atoms with E-state index < -0.39 is 5.41 Å². The van der Waals surface area contributed by atoms with E-state index in [0.29, 0.717) is 5.57 Å². The topological polar surface area (TPSA) is 57.5 Å². The molecule has 0 saturated carbocycles. The van der Waals surface area contributed by atoms with Crippen LogP contribution in [0.1, 0.15) is 82.1 Å². The SMILES string of the molecule is CC1=C(/C=C/C(C)=C/C=C/C(C)=C/C=C/C=C(C)/C=C/C=C(C)/C=C/C2=C(C)C(=O)C(O)=CC2(C)C)C(C)(C)CC(O)C1. The van der Waals surface area contributed by atoms with E-state index in [1.165, 1.54) is 16.7 Å². The van der Waals surface area contributed by atoms with Gasteiger partial charge < -0.3 is 10.2 Å². The number of aliphatic hydroxyl groups is 2. The number of hydrogen-bond donors (Lipinski definition) is 2. The predicted molar refractivity (Wildman–Crippen MR) is 185 cm³/mol. The molecule has 3 nitrogen and oxygen atoms in total. The third kappa shape index (κ3) is 11.1. The van der Waals surface area contributed by atoms with E-state index in [0.717, 1.165) is 35.1 Å². The molecule has 1 atom stereocenters. The van der Waals surface area contributed by atoms with Gasteiger partial charge in [0.1, 0.15) is 0 Å². The number of carbonyl (C=O) groups excluding carboxylic acids is 1. The average Bonchev–Trinajstić information content (AvgIpc) is 2.88. The van der Waals surface area contributed by atoms with Gasteiger partial charge in [-0.15, -0.1) is 0 Å². The number of aliphatic hydroxyl groups excluding tert-OH is 2. The lowest BCUT2D eigenvalue weighted by Crippen LogP contribution is -2.28. The first-order valence-corrected chi connectivity index (χ1v) is 15.2. The van der Waals surface area contributed by atoms with Crippen LogP contribution < -0.4 is 0 Å². The number of hydrogen-bond acceptors (Lipinski definition) is 3. The fourth-order valence-electron chi connectivity index (χ4n) is 5.57. The van der Waals surface area contributed by atoms with Gasteiger partial charge in [0.25, 0.3) is 0 Å². The number of carbonyl (C=O) groups is 1. The molecule has 2 rings (SSSR count). The fraction of sp³-hybridized carbons (Fsp3) is 0.375. The van der Waals surface area contributed by atoms with Crippen molar-refractivity contribution in [2.24, 2.45) is 10.8 Å². The third-order valence-corrected chi connectivity index (χ3v) is 7.94. The van der Waals surface area contributed by atoms with E-state index >= 15 is 0 Å². The molecule has 0 spiro atoms. The first kappa shape index (κ1) is 35.5. The molecule has 3 heteroatoms. The van der Waals surface area contributed by atoms with E-state index in [-0.39, 0.29) is 23.1 Å². The summed E-state index contributed by atoms with van der Waals surface area (Å²) in [5.41, 5.74) is 8.27. The second kappa shape index (κ2) is 15.7. The number of ketones is 1. The second-order valence-electron chi connectivity index (χ2n) is 13.2. The minimum Gasteiger partial charge on any atom is -0.504 e. The molecule has 0 amide bonds. The third-order valence-electron chi connectivity index (χ3n) is 7.94. The molecule has 230 valence electrons. The summed E-state index contributed by atoms with van der Waals surface area (Å²) in [7, 11) is 0. The van der Waals surface area contributed by atoms with Crippen molar-refractivity contribution in [3.8, 4) is 0 Å². The summed E-state index contributed by atoms with van der Waals surface area (Å²) < 4.78 is 0. The maximum absolute atomic E-state index is 12.2. The van der Waals surface area contributed by atoms with Gasteiger partial charge in [-0.05, 0) is 77.0 Å². The van der Waals surface area contributed by atoms with Gasteiger partial charge in [-0.2, -0.15) is 0 Å². The predicted octanol–water partition coefficient (Wildman–Crippen LogP) is 10.4. The Labute approximate surface area is 260 Å². The molecule has 0 aliphatic heterocycles. The van der Waals surface area contributed by atoms with Gasteiger partial charge in [0.15, 0.2) is 5.76 Å². The van der Waals surface area contributed by atoms with Crippen LogP contribution in [0, 0.1) is 10.8 Å². The van der Waals surface area contributed by atoms with Crippen LogP contribution in [0.4, 0.5) is 0 Å². The Balaban J connectivity index is 1.93. The summed E-state index contributed by atoms with van der Waals surface area (Å²) in [4.78, 5) is 12.2. The number of rotatable bonds is 10. The van der Waals surface area contributed by atoms with Crippen molar-refractivity contribution in [2.45, 2.75) is 88.2 Å². The highest BCUT2D eigenvalue weighted by atomic mass is 16.3. The van der Waals surface area contributed by atoms with Crippen molar-refractivity contribution in [3.63, 3.8) is 0 Å². The van der Waals surface area contributed by atoms with Crippen molar-refractivity contribution < 1.29 is 15.0 Å². The van der Waals surface area contributed by atoms with Gasteiger partial charge in [-0.3, -0.25) is 4.79 Å². The second-order valence-corrected chi connectivity index (χ2v) is 13.2. The maximum Gasteiger partial charge on any atom is 0.222 e. The zero-order valence-corrected chi connectivity index (χ0v) is 28.0. The minimum absolute atomic E-state index is 0.00636. The van der Waals surface area contributed by atoms with E-state index in [4.69, 9.17) is 0 Å². The molecule has 2 aliphatic rings. The Kier molecular flexibility index (Phi) is 13.0. The molecule has 0 radical (unpaired) electrons. The van der Waals surface area contributed by atoms with Crippen molar-refractivity contribution in [1.82, 2.24) is 0 Å². The average molecular weight is 581 g/mol. The molecule has 0 aromatic carbocycles. The molecule has 43 heavy (non-hydrogen) atoms. The first-order chi connectivity index (χ1) is 20.0. The van der Waals surface area contributed by atoms with Crippen LogP contribution in [0.5, 0.6) is 0 Å². The molecule has 0 saturated heterocycles. The van der Waals surface area contributed by atoms with E-state index in [1.807, 2.05) is 57.2 Å². The zero-order valence-electron chi connectivity index (χ0n) is 28.0. The van der Waals surface area contributed by atoms with Crippen molar-refractivity contribution in [2.75, 3.05) is 0 Å². The van der Waals surface area contributed by atoms with Crippen LogP contribution in [0.15, 0.2) is 141 Å². The molecule has 0 aromatic rings. The Hall–Kier alpha value is -3.69. The van der Waals surface area contributed by atoms with Crippen molar-refractivity contribution in [1.29, 1.82) is 0 Å². The lowest BCUT2D eigenvalue weighted by atomic mass is 9.71. The van der Waals surface area contributed by atoms with Crippen LogP contribution in [-0.2, 0) is 4.79 Å². The normalized spacial score (nSPS) is 22.9. The van der Waals surface area contributed by atoms with Crippen molar-refractivity contribution in [3.05, 3.63) is 141 Å². The number of Topliss-reactive ketones (excluding diaryl/α,β-unsaturated/α-hetero) is 1. The Morgan fingerprint density at radius 1 is 0.744 bits per heavy atom. The van der Waals surface area contributed by atoms with Crippen molar-refractivity contribution >= 4 is 5.78 Å². The minimum atomic E-state index is -0.397. The van der Waals surface area contributed by atoms with Gasteiger partial charge in [-0.25, -0.2) is 0 Å². The van der Waals surface area contributed by atoms with Gasteiger partial charge in [0.2, 0.25) is 5.78 Å². The van der Waals surface area contributed by atoms with Crippen LogP contribution >= 0.6 is 0 Å². The molecule has 0 heterocycles. The molecular formula is C40H52O3. The van der Waals surface area contributed by atoms with E-state index in [2.05, 4.69) is 90.2 Å². The molecule has 1 unspecified atom stereocenters. The highest BCUT2D eigenvalue weighted by molar-refractivity contribution is 6.08. The Bertz CT molecular complexity index is 1430. The van der Waals surface area contributed by atoms with Gasteiger partial charge in [0.05, 0.1) is 6.10 Å². The standard InChI is InChI=1S/C40H52O3/c1-28(17-13-19-30(3)21-23-35-32(5)25-34(41)26-39(35,7)8)15-11-12-16-29(2)18-14-20-31(4)22-24-36-33(6)38(43)37(42)27-40(36,9)10/h11-24,27,34,41-42H,25-26H2,1-10H3/b12-11+,17-13+,18-14+,23-21+,24-22+,28-15+,29-16+,30-19+,31-20+. The lowest BCUT2D eigenvalue weighted by Gasteiger charge is -2.35. The molecule has 0 fully saturated rings. The summed E-state index contributed by atoms with van der Waals surface area (Å²) in [5, 5.41) is 20.0. The van der Waals surface area contributed by atoms with Crippen LogP contribution in [0.2, 0.25) is 0 Å². The summed E-state index contributed by atoms with van der Waals surface area (Å²) in [6.07, 6.45) is 32.0. The smallest absolute Gasteiger partial charge is 0.222 e. The highest BCUT2D eigenvalue weighted by Gasteiger charge is 2.32. The van der Waals surface area contributed by atoms with Crippen LogP contribution in [-0.4, -0.2) is 22.1 Å². The maximum atomic E-state index is 12.2. The summed E-state index contributed by atoms with van der Waals surface area (Å²) in [6.45, 7) is 20.6. The fourth-order valence-corrected chi connectivity index (χ4v) is 5.57.